The largest absolute Gasteiger partial charge is 0.361 e. The summed E-state index contributed by atoms with van der Waals surface area (Å²) in [4.78, 5) is 26.5. The number of amides is 2. The van der Waals surface area contributed by atoms with Crippen molar-refractivity contribution in [3.8, 4) is 0 Å². The number of hydrogen-bond acceptors (Lipinski definition) is 3. The molecule has 2 amide bonds. The van der Waals surface area contributed by atoms with Crippen LogP contribution in [-0.2, 0) is 16.1 Å². The van der Waals surface area contributed by atoms with Crippen LogP contribution < -0.4 is 5.73 Å². The number of nitrogens with two attached hydrogens (primary N) is 1. The molecule has 0 aliphatic carbocycles. The minimum atomic E-state index is -0.874. The molecule has 0 saturated carbocycles. The summed E-state index contributed by atoms with van der Waals surface area (Å²) in [6, 6.07) is 8.19. The van der Waals surface area contributed by atoms with Crippen molar-refractivity contribution in [1.82, 2.24) is 9.80 Å². The molecular weight excluding hydrogens is 254 g/mol. The van der Waals surface area contributed by atoms with Gasteiger partial charge in [0.15, 0.2) is 0 Å². The molecule has 0 aromatic heterocycles. The molecule has 1 aromatic rings. The van der Waals surface area contributed by atoms with E-state index >= 15 is 0 Å². The number of primary amides is 1. The molecule has 2 N–H and O–H groups in total. The van der Waals surface area contributed by atoms with Crippen LogP contribution in [0.25, 0.3) is 0 Å². The van der Waals surface area contributed by atoms with E-state index in [4.69, 9.17) is 5.73 Å². The number of rotatable bonds is 3. The molecule has 1 aromatic carbocycles. The number of carbonyl (C=O) groups is 2. The summed E-state index contributed by atoms with van der Waals surface area (Å²) in [5.74, 6) is -1.45. The van der Waals surface area contributed by atoms with Gasteiger partial charge in [-0.1, -0.05) is 24.3 Å². The van der Waals surface area contributed by atoms with Gasteiger partial charge in [0.05, 0.1) is 6.04 Å². The van der Waals surface area contributed by atoms with Gasteiger partial charge in [-0.3, -0.25) is 9.59 Å². The van der Waals surface area contributed by atoms with Crippen molar-refractivity contribution in [1.29, 1.82) is 0 Å². The van der Waals surface area contributed by atoms with Crippen LogP contribution in [-0.4, -0.2) is 42.3 Å². The van der Waals surface area contributed by atoms with Gasteiger partial charge in [0.2, 0.25) is 0 Å². The van der Waals surface area contributed by atoms with E-state index in [0.29, 0.717) is 6.54 Å². The smallest absolute Gasteiger partial charge is 0.312 e. The van der Waals surface area contributed by atoms with E-state index in [1.807, 2.05) is 26.2 Å². The summed E-state index contributed by atoms with van der Waals surface area (Å²) < 4.78 is 0. The molecule has 0 spiro atoms. The maximum atomic E-state index is 11.8. The molecule has 5 heteroatoms. The average molecular weight is 275 g/mol. The van der Waals surface area contributed by atoms with E-state index in [0.717, 1.165) is 24.9 Å². The average Bonchev–Trinajstić information content (AvgIpc) is 2.87. The van der Waals surface area contributed by atoms with Gasteiger partial charge in [0.25, 0.3) is 0 Å². The fraction of sp³-hybridized carbons (Fsp3) is 0.467. The van der Waals surface area contributed by atoms with Gasteiger partial charge in [-0.15, -0.1) is 0 Å². The normalized spacial score (nSPS) is 18.6. The highest BCUT2D eigenvalue weighted by Gasteiger charge is 2.32. The topological polar surface area (TPSA) is 66.6 Å². The van der Waals surface area contributed by atoms with Gasteiger partial charge in [-0.05, 0) is 38.1 Å². The Kier molecular flexibility index (Phi) is 4.39. The highest BCUT2D eigenvalue weighted by molar-refractivity contribution is 6.34. The Morgan fingerprint density at radius 3 is 2.50 bits per heavy atom. The van der Waals surface area contributed by atoms with Crippen LogP contribution in [0.1, 0.15) is 30.0 Å². The molecule has 1 atom stereocenters. The summed E-state index contributed by atoms with van der Waals surface area (Å²) >= 11 is 0. The van der Waals surface area contributed by atoms with Crippen LogP contribution in [0.5, 0.6) is 0 Å². The second kappa shape index (κ2) is 6.05. The first kappa shape index (κ1) is 14.5. The van der Waals surface area contributed by atoms with Crippen molar-refractivity contribution in [3.63, 3.8) is 0 Å². The van der Waals surface area contributed by atoms with Gasteiger partial charge in [-0.2, -0.15) is 0 Å². The third kappa shape index (κ3) is 3.17. The predicted octanol–water partition coefficient (Wildman–Crippen LogP) is 0.897. The lowest BCUT2D eigenvalue weighted by Crippen LogP contribution is -2.39. The molecular formula is C15H21N3O2. The van der Waals surface area contributed by atoms with E-state index < -0.39 is 11.8 Å². The monoisotopic (exact) mass is 275 g/mol. The Morgan fingerprint density at radius 1 is 1.30 bits per heavy atom. The van der Waals surface area contributed by atoms with Crippen LogP contribution in [0, 0.1) is 0 Å². The second-order valence-corrected chi connectivity index (χ2v) is 5.50. The molecule has 0 unspecified atom stereocenters. The molecule has 1 fully saturated rings. The first-order valence-corrected chi connectivity index (χ1v) is 6.83. The van der Waals surface area contributed by atoms with Crippen LogP contribution in [0.4, 0.5) is 0 Å². The molecule has 1 aliphatic rings. The zero-order chi connectivity index (χ0) is 14.7. The molecule has 1 heterocycles. The summed E-state index contributed by atoms with van der Waals surface area (Å²) in [5.41, 5.74) is 7.39. The van der Waals surface area contributed by atoms with Gasteiger partial charge in [0.1, 0.15) is 0 Å². The fourth-order valence-corrected chi connectivity index (χ4v) is 2.71. The van der Waals surface area contributed by atoms with Crippen molar-refractivity contribution >= 4 is 11.8 Å². The van der Waals surface area contributed by atoms with Crippen molar-refractivity contribution in [2.45, 2.75) is 25.4 Å². The maximum Gasteiger partial charge on any atom is 0.312 e. The SMILES string of the molecule is CN(C)Cc1ccc([C@@H]2CCCN2C(=O)C(N)=O)cc1. The molecule has 0 radical (unpaired) electrons. The first-order valence-electron chi connectivity index (χ1n) is 6.83. The summed E-state index contributed by atoms with van der Waals surface area (Å²) in [6.07, 6.45) is 1.79. The van der Waals surface area contributed by atoms with E-state index in [-0.39, 0.29) is 6.04 Å². The zero-order valence-corrected chi connectivity index (χ0v) is 12.0. The molecule has 2 rings (SSSR count). The Balaban J connectivity index is 2.14. The fourth-order valence-electron chi connectivity index (χ4n) is 2.71. The minimum absolute atomic E-state index is 0.0246. The minimum Gasteiger partial charge on any atom is -0.361 e. The van der Waals surface area contributed by atoms with Crippen molar-refractivity contribution in [3.05, 3.63) is 35.4 Å². The van der Waals surface area contributed by atoms with Crippen LogP contribution >= 0.6 is 0 Å². The third-order valence-corrected chi connectivity index (χ3v) is 3.59. The lowest BCUT2D eigenvalue weighted by Gasteiger charge is -2.24. The van der Waals surface area contributed by atoms with Crippen molar-refractivity contribution in [2.24, 2.45) is 5.73 Å². The number of hydrogen-bond donors (Lipinski definition) is 1. The highest BCUT2D eigenvalue weighted by atomic mass is 16.2. The van der Waals surface area contributed by atoms with Crippen LogP contribution in [0.3, 0.4) is 0 Å². The van der Waals surface area contributed by atoms with E-state index in [1.54, 1.807) is 4.90 Å². The molecule has 0 bridgehead atoms. The van der Waals surface area contributed by atoms with Crippen molar-refractivity contribution < 1.29 is 9.59 Å². The molecule has 1 saturated heterocycles. The van der Waals surface area contributed by atoms with Gasteiger partial charge < -0.3 is 15.5 Å². The Morgan fingerprint density at radius 2 is 1.95 bits per heavy atom. The van der Waals surface area contributed by atoms with E-state index in [1.165, 1.54) is 5.56 Å². The number of likely N-dealkylation sites (tertiary alicyclic amines) is 1. The van der Waals surface area contributed by atoms with Crippen molar-refractivity contribution in [2.75, 3.05) is 20.6 Å². The molecule has 20 heavy (non-hydrogen) atoms. The number of carbonyl (C=O) groups excluding carboxylic acids is 2. The lowest BCUT2D eigenvalue weighted by molar-refractivity contribution is -0.144. The highest BCUT2D eigenvalue weighted by Crippen LogP contribution is 2.32. The Labute approximate surface area is 119 Å². The summed E-state index contributed by atoms with van der Waals surface area (Å²) in [7, 11) is 4.05. The number of nitrogens with zero attached hydrogens (tertiary/aromatic N) is 2. The Hall–Kier alpha value is -1.88. The molecule has 5 nitrogen and oxygen atoms in total. The third-order valence-electron chi connectivity index (χ3n) is 3.59. The van der Waals surface area contributed by atoms with Gasteiger partial charge in [-0.25, -0.2) is 0 Å². The van der Waals surface area contributed by atoms with E-state index in [9.17, 15) is 9.59 Å². The van der Waals surface area contributed by atoms with Crippen LogP contribution in [0.2, 0.25) is 0 Å². The van der Waals surface area contributed by atoms with Gasteiger partial charge >= 0.3 is 11.8 Å². The van der Waals surface area contributed by atoms with Crippen LogP contribution in [0.15, 0.2) is 24.3 Å². The second-order valence-electron chi connectivity index (χ2n) is 5.50. The lowest BCUT2D eigenvalue weighted by atomic mass is 10.0. The molecule has 1 aliphatic heterocycles. The predicted molar refractivity (Wildman–Crippen MR) is 76.7 cm³/mol. The standard InChI is InChI=1S/C15H21N3O2/c1-17(2)10-11-5-7-12(8-6-11)13-4-3-9-18(13)15(20)14(16)19/h5-8,13H,3-4,9-10H2,1-2H3,(H2,16,19)/t13-/m0/s1. The quantitative estimate of drug-likeness (QED) is 0.833. The Bertz CT molecular complexity index is 496. The summed E-state index contributed by atoms with van der Waals surface area (Å²) in [6.45, 7) is 1.49. The molecule has 108 valence electrons. The van der Waals surface area contributed by atoms with Gasteiger partial charge in [0, 0.05) is 13.1 Å². The zero-order valence-electron chi connectivity index (χ0n) is 12.0. The number of benzene rings is 1. The summed E-state index contributed by atoms with van der Waals surface area (Å²) in [5, 5.41) is 0. The van der Waals surface area contributed by atoms with E-state index in [2.05, 4.69) is 17.0 Å². The maximum absolute atomic E-state index is 11.8. The first-order chi connectivity index (χ1) is 9.49.